The lowest BCUT2D eigenvalue weighted by Crippen LogP contribution is -2.46. The van der Waals surface area contributed by atoms with Crippen molar-refractivity contribution in [1.82, 2.24) is 0 Å². The molecule has 0 aromatic carbocycles. The zero-order valence-electron chi connectivity index (χ0n) is 8.76. The minimum absolute atomic E-state index is 0.254. The molecule has 3 nitrogen and oxygen atoms in total. The van der Waals surface area contributed by atoms with Crippen LogP contribution in [0, 0.1) is 11.3 Å². The Bertz CT molecular complexity index is 225. The van der Waals surface area contributed by atoms with Gasteiger partial charge in [-0.1, -0.05) is 20.8 Å². The first-order valence-electron chi connectivity index (χ1n) is 4.82. The van der Waals surface area contributed by atoms with Crippen LogP contribution >= 0.6 is 0 Å². The molecule has 0 saturated heterocycles. The van der Waals surface area contributed by atoms with Crippen molar-refractivity contribution in [2.75, 3.05) is 0 Å². The summed E-state index contributed by atoms with van der Waals surface area (Å²) in [6.45, 7) is 6.50. The standard InChI is InChI=1S/C10H20N2O/c1-7-4-9(2,3)6-10(7,12)5-8(11)13/h7H,4-6,12H2,1-3H3,(H2,11,13). The molecule has 1 amide bonds. The number of amides is 1. The van der Waals surface area contributed by atoms with Gasteiger partial charge in [0.15, 0.2) is 0 Å². The van der Waals surface area contributed by atoms with Crippen LogP contribution in [0.15, 0.2) is 0 Å². The Morgan fingerprint density at radius 1 is 1.54 bits per heavy atom. The van der Waals surface area contributed by atoms with Crippen molar-refractivity contribution in [2.45, 2.75) is 45.6 Å². The molecule has 0 aromatic rings. The van der Waals surface area contributed by atoms with Crippen LogP contribution in [-0.2, 0) is 4.79 Å². The van der Waals surface area contributed by atoms with Crippen LogP contribution in [0.3, 0.4) is 0 Å². The Hall–Kier alpha value is -0.570. The van der Waals surface area contributed by atoms with Crippen LogP contribution in [-0.4, -0.2) is 11.4 Å². The molecule has 3 heteroatoms. The summed E-state index contributed by atoms with van der Waals surface area (Å²) in [5, 5.41) is 0. The number of hydrogen-bond acceptors (Lipinski definition) is 2. The van der Waals surface area contributed by atoms with Gasteiger partial charge in [0.05, 0.1) is 0 Å². The number of carbonyl (C=O) groups is 1. The van der Waals surface area contributed by atoms with Crippen LogP contribution < -0.4 is 11.5 Å². The fourth-order valence-corrected chi connectivity index (χ4v) is 2.73. The summed E-state index contributed by atoms with van der Waals surface area (Å²) in [7, 11) is 0. The van der Waals surface area contributed by atoms with Crippen molar-refractivity contribution in [1.29, 1.82) is 0 Å². The zero-order valence-corrected chi connectivity index (χ0v) is 8.76. The van der Waals surface area contributed by atoms with E-state index in [1.54, 1.807) is 0 Å². The summed E-state index contributed by atoms with van der Waals surface area (Å²) >= 11 is 0. The SMILES string of the molecule is CC1CC(C)(C)CC1(N)CC(N)=O. The van der Waals surface area contributed by atoms with Crippen LogP contribution in [0.4, 0.5) is 0 Å². The van der Waals surface area contributed by atoms with E-state index in [0.29, 0.717) is 12.3 Å². The second-order valence-corrected chi connectivity index (χ2v) is 5.32. The monoisotopic (exact) mass is 184 g/mol. The van der Waals surface area contributed by atoms with Gasteiger partial charge in [0.2, 0.25) is 5.91 Å². The molecule has 76 valence electrons. The van der Waals surface area contributed by atoms with Gasteiger partial charge in [-0.05, 0) is 24.2 Å². The highest BCUT2D eigenvalue weighted by molar-refractivity contribution is 5.75. The van der Waals surface area contributed by atoms with Gasteiger partial charge in [0.1, 0.15) is 0 Å². The Kier molecular flexibility index (Phi) is 2.41. The molecule has 1 saturated carbocycles. The number of carbonyl (C=O) groups excluding carboxylic acids is 1. The molecule has 13 heavy (non-hydrogen) atoms. The van der Waals surface area contributed by atoms with Gasteiger partial charge in [-0.15, -0.1) is 0 Å². The molecule has 0 heterocycles. The average Bonchev–Trinajstić information content (AvgIpc) is 1.98. The van der Waals surface area contributed by atoms with Crippen molar-refractivity contribution in [3.05, 3.63) is 0 Å². The first-order valence-corrected chi connectivity index (χ1v) is 4.82. The number of nitrogens with two attached hydrogens (primary N) is 2. The minimum atomic E-state index is -0.366. The topological polar surface area (TPSA) is 69.1 Å². The van der Waals surface area contributed by atoms with Gasteiger partial charge >= 0.3 is 0 Å². The summed E-state index contributed by atoms with van der Waals surface area (Å²) < 4.78 is 0. The molecule has 2 atom stereocenters. The van der Waals surface area contributed by atoms with Crippen molar-refractivity contribution < 1.29 is 4.79 Å². The van der Waals surface area contributed by atoms with E-state index < -0.39 is 0 Å². The van der Waals surface area contributed by atoms with Gasteiger partial charge in [0.25, 0.3) is 0 Å². The zero-order chi connectivity index (χ0) is 10.3. The molecule has 4 N–H and O–H groups in total. The third-order valence-corrected chi connectivity index (χ3v) is 3.15. The van der Waals surface area contributed by atoms with Crippen LogP contribution in [0.25, 0.3) is 0 Å². The highest BCUT2D eigenvalue weighted by Crippen LogP contribution is 2.47. The maximum absolute atomic E-state index is 10.9. The molecule has 1 rings (SSSR count). The largest absolute Gasteiger partial charge is 0.370 e. The average molecular weight is 184 g/mol. The number of hydrogen-bond donors (Lipinski definition) is 2. The second kappa shape index (κ2) is 2.98. The summed E-state index contributed by atoms with van der Waals surface area (Å²) in [5.41, 5.74) is 11.3. The Labute approximate surface area is 79.9 Å². The normalized spacial score (nSPS) is 37.7. The predicted octanol–water partition coefficient (Wildman–Crippen LogP) is 1.02. The molecule has 0 aliphatic heterocycles. The van der Waals surface area contributed by atoms with E-state index in [1.807, 2.05) is 0 Å². The van der Waals surface area contributed by atoms with Crippen molar-refractivity contribution in [2.24, 2.45) is 22.8 Å². The highest BCUT2D eigenvalue weighted by Gasteiger charge is 2.46. The van der Waals surface area contributed by atoms with Crippen molar-refractivity contribution in [3.8, 4) is 0 Å². The number of rotatable bonds is 2. The van der Waals surface area contributed by atoms with Crippen molar-refractivity contribution >= 4 is 5.91 Å². The predicted molar refractivity (Wildman–Crippen MR) is 52.9 cm³/mol. The quantitative estimate of drug-likeness (QED) is 0.672. The first kappa shape index (κ1) is 10.5. The molecule has 0 bridgehead atoms. The Balaban J connectivity index is 2.75. The molecule has 2 unspecified atom stereocenters. The first-order chi connectivity index (χ1) is 5.75. The van der Waals surface area contributed by atoms with Gasteiger partial charge in [-0.3, -0.25) is 4.79 Å². The number of primary amides is 1. The lowest BCUT2D eigenvalue weighted by molar-refractivity contribution is -0.119. The van der Waals surface area contributed by atoms with E-state index in [-0.39, 0.29) is 16.9 Å². The molecular formula is C10H20N2O. The van der Waals surface area contributed by atoms with E-state index >= 15 is 0 Å². The van der Waals surface area contributed by atoms with Gasteiger partial charge < -0.3 is 11.5 Å². The van der Waals surface area contributed by atoms with Crippen LogP contribution in [0.5, 0.6) is 0 Å². The van der Waals surface area contributed by atoms with Gasteiger partial charge in [0, 0.05) is 12.0 Å². The third kappa shape index (κ3) is 2.21. The van der Waals surface area contributed by atoms with Crippen LogP contribution in [0.1, 0.15) is 40.0 Å². The molecule has 1 fully saturated rings. The summed E-state index contributed by atoms with van der Waals surface area (Å²) in [6.07, 6.45) is 2.29. The van der Waals surface area contributed by atoms with E-state index in [1.165, 1.54) is 0 Å². The second-order valence-electron chi connectivity index (χ2n) is 5.32. The lowest BCUT2D eigenvalue weighted by atomic mass is 9.84. The maximum Gasteiger partial charge on any atom is 0.219 e. The molecular weight excluding hydrogens is 164 g/mol. The van der Waals surface area contributed by atoms with Crippen LogP contribution in [0.2, 0.25) is 0 Å². The third-order valence-electron chi connectivity index (χ3n) is 3.15. The fourth-order valence-electron chi connectivity index (χ4n) is 2.73. The molecule has 1 aliphatic carbocycles. The Morgan fingerprint density at radius 2 is 2.08 bits per heavy atom. The van der Waals surface area contributed by atoms with E-state index in [9.17, 15) is 4.79 Å². The molecule has 0 aromatic heterocycles. The highest BCUT2D eigenvalue weighted by atomic mass is 16.1. The van der Waals surface area contributed by atoms with E-state index in [0.717, 1.165) is 12.8 Å². The fraction of sp³-hybridized carbons (Fsp3) is 0.900. The summed E-state index contributed by atoms with van der Waals surface area (Å²) in [5.74, 6) is 0.0991. The maximum atomic E-state index is 10.9. The smallest absolute Gasteiger partial charge is 0.219 e. The van der Waals surface area contributed by atoms with Gasteiger partial charge in [-0.25, -0.2) is 0 Å². The molecule has 0 radical (unpaired) electrons. The van der Waals surface area contributed by atoms with Crippen molar-refractivity contribution in [3.63, 3.8) is 0 Å². The van der Waals surface area contributed by atoms with Gasteiger partial charge in [-0.2, -0.15) is 0 Å². The van der Waals surface area contributed by atoms with E-state index in [4.69, 9.17) is 11.5 Å². The minimum Gasteiger partial charge on any atom is -0.370 e. The lowest BCUT2D eigenvalue weighted by Gasteiger charge is -2.28. The summed E-state index contributed by atoms with van der Waals surface area (Å²) in [6, 6.07) is 0. The molecule has 1 aliphatic rings. The van der Waals surface area contributed by atoms with E-state index in [2.05, 4.69) is 20.8 Å². The Morgan fingerprint density at radius 3 is 2.38 bits per heavy atom. The molecule has 0 spiro atoms. The summed E-state index contributed by atoms with van der Waals surface area (Å²) in [4.78, 5) is 10.9.